The van der Waals surface area contributed by atoms with Crippen molar-refractivity contribution in [3.63, 3.8) is 0 Å². The zero-order valence-corrected chi connectivity index (χ0v) is 20.7. The predicted molar refractivity (Wildman–Crippen MR) is 126 cm³/mol. The molecule has 35 heavy (non-hydrogen) atoms. The highest BCUT2D eigenvalue weighted by Crippen LogP contribution is 2.31. The van der Waals surface area contributed by atoms with Gasteiger partial charge in [-0.1, -0.05) is 23.2 Å². The van der Waals surface area contributed by atoms with Crippen LogP contribution in [0.15, 0.2) is 36.5 Å². The number of carbonyl (C=O) groups excluding carboxylic acids is 2. The van der Waals surface area contributed by atoms with E-state index in [1.165, 1.54) is 37.4 Å². The van der Waals surface area contributed by atoms with Gasteiger partial charge in [0.1, 0.15) is 16.7 Å². The number of alkyl halides is 3. The zero-order chi connectivity index (χ0) is 26.1. The molecule has 2 amide bonds. The molecule has 2 aromatic heterocycles. The molecule has 14 heteroatoms. The van der Waals surface area contributed by atoms with Crippen LogP contribution in [0.4, 0.5) is 18.9 Å². The van der Waals surface area contributed by atoms with E-state index < -0.39 is 45.6 Å². The minimum Gasteiger partial charge on any atom is -0.320 e. The van der Waals surface area contributed by atoms with E-state index in [2.05, 4.69) is 20.1 Å². The summed E-state index contributed by atoms with van der Waals surface area (Å²) in [7, 11) is -1.73. The Kier molecular flexibility index (Phi) is 7.87. The molecule has 1 atom stereocenters. The molecule has 0 aliphatic rings. The number of carbonyl (C=O) groups is 2. The lowest BCUT2D eigenvalue weighted by Gasteiger charge is -2.16. The average Bonchev–Trinajstić information content (AvgIpc) is 3.21. The third-order valence-corrected chi connectivity index (χ3v) is 6.33. The Balaban J connectivity index is 2.08. The fourth-order valence-electron chi connectivity index (χ4n) is 2.91. The Morgan fingerprint density at radius 3 is 2.43 bits per heavy atom. The summed E-state index contributed by atoms with van der Waals surface area (Å²) in [6.45, 7) is 4.79. The maximum Gasteiger partial charge on any atom is 0.435 e. The predicted octanol–water partition coefficient (Wildman–Crippen LogP) is 4.96. The molecule has 3 rings (SSSR count). The molecule has 0 fully saturated rings. The molecule has 1 unspecified atom stereocenters. The van der Waals surface area contributed by atoms with Crippen molar-refractivity contribution in [1.29, 1.82) is 0 Å². The molecule has 0 aliphatic heterocycles. The van der Waals surface area contributed by atoms with Crippen LogP contribution >= 0.6 is 23.2 Å². The van der Waals surface area contributed by atoms with Gasteiger partial charge in [-0.3, -0.25) is 14.3 Å². The SMILES string of the molecule is Cc1cc(Cl)cc(C(=O)NS(=O)C(C)C)c1NC(=O)c1cc(C(F)(F)F)nn1-c1ncccc1Cl. The average molecular weight is 548 g/mol. The number of aromatic nitrogens is 3. The molecular formula is C21H18Cl2F3N5O3S. The second-order valence-corrected chi connectivity index (χ2v) is 10.1. The number of aryl methyl sites for hydroxylation is 1. The Bertz CT molecular complexity index is 1330. The van der Waals surface area contributed by atoms with Crippen molar-refractivity contribution in [3.8, 4) is 5.82 Å². The molecule has 1 aromatic carbocycles. The Hall–Kier alpha value is -2.96. The van der Waals surface area contributed by atoms with Crippen molar-refractivity contribution in [2.24, 2.45) is 0 Å². The van der Waals surface area contributed by atoms with E-state index in [-0.39, 0.29) is 27.1 Å². The monoisotopic (exact) mass is 547 g/mol. The molecule has 186 valence electrons. The third-order valence-electron chi connectivity index (χ3n) is 4.58. The van der Waals surface area contributed by atoms with Gasteiger partial charge >= 0.3 is 6.18 Å². The largest absolute Gasteiger partial charge is 0.435 e. The highest BCUT2D eigenvalue weighted by atomic mass is 35.5. The number of hydrogen-bond acceptors (Lipinski definition) is 5. The van der Waals surface area contributed by atoms with Gasteiger partial charge < -0.3 is 5.32 Å². The van der Waals surface area contributed by atoms with E-state index >= 15 is 0 Å². The summed E-state index contributed by atoms with van der Waals surface area (Å²) in [5.41, 5.74) is -1.71. The van der Waals surface area contributed by atoms with Crippen molar-refractivity contribution in [1.82, 2.24) is 19.5 Å². The smallest absolute Gasteiger partial charge is 0.320 e. The Labute approximate surface area is 210 Å². The number of nitrogens with one attached hydrogen (secondary N) is 2. The molecule has 0 aliphatic carbocycles. The van der Waals surface area contributed by atoms with Gasteiger partial charge in [0, 0.05) is 22.5 Å². The van der Waals surface area contributed by atoms with Crippen molar-refractivity contribution < 1.29 is 27.0 Å². The van der Waals surface area contributed by atoms with Gasteiger partial charge in [-0.05, 0) is 50.6 Å². The first-order valence-corrected chi connectivity index (χ1v) is 11.9. The summed E-state index contributed by atoms with van der Waals surface area (Å²) in [4.78, 5) is 29.9. The van der Waals surface area contributed by atoms with E-state index in [1.807, 2.05) is 0 Å². The van der Waals surface area contributed by atoms with E-state index in [0.29, 0.717) is 16.3 Å². The van der Waals surface area contributed by atoms with Crippen molar-refractivity contribution >= 4 is 51.7 Å². The molecule has 8 nitrogen and oxygen atoms in total. The minimum atomic E-state index is -4.86. The molecule has 0 radical (unpaired) electrons. The van der Waals surface area contributed by atoms with Crippen LogP contribution in [0.25, 0.3) is 5.82 Å². The number of hydrogen-bond donors (Lipinski definition) is 2. The first-order chi connectivity index (χ1) is 16.3. The number of amides is 2. The molecule has 2 N–H and O–H groups in total. The second-order valence-electron chi connectivity index (χ2n) is 7.51. The lowest BCUT2D eigenvalue weighted by Crippen LogP contribution is -2.31. The van der Waals surface area contributed by atoms with E-state index in [1.54, 1.807) is 13.8 Å². The summed E-state index contributed by atoms with van der Waals surface area (Å²) < 4.78 is 55.3. The third kappa shape index (κ3) is 6.00. The van der Waals surface area contributed by atoms with Gasteiger partial charge in [-0.2, -0.15) is 18.3 Å². The van der Waals surface area contributed by atoms with Crippen LogP contribution in [0.3, 0.4) is 0 Å². The molecular weight excluding hydrogens is 530 g/mol. The maximum absolute atomic E-state index is 13.4. The lowest BCUT2D eigenvalue weighted by molar-refractivity contribution is -0.141. The number of benzene rings is 1. The first kappa shape index (κ1) is 26.6. The highest BCUT2D eigenvalue weighted by Gasteiger charge is 2.37. The van der Waals surface area contributed by atoms with Gasteiger partial charge in [0.15, 0.2) is 11.5 Å². The van der Waals surface area contributed by atoms with Crippen LogP contribution in [0.5, 0.6) is 0 Å². The maximum atomic E-state index is 13.4. The molecule has 0 saturated carbocycles. The second kappa shape index (κ2) is 10.3. The Morgan fingerprint density at radius 2 is 1.83 bits per heavy atom. The molecule has 0 spiro atoms. The molecule has 0 bridgehead atoms. The first-order valence-electron chi connectivity index (χ1n) is 9.90. The van der Waals surface area contributed by atoms with E-state index in [9.17, 15) is 27.0 Å². The fourth-order valence-corrected chi connectivity index (χ4v) is 3.91. The Morgan fingerprint density at radius 1 is 1.14 bits per heavy atom. The number of pyridine rings is 1. The summed E-state index contributed by atoms with van der Waals surface area (Å²) in [5.74, 6) is -2.03. The van der Waals surface area contributed by atoms with Crippen LogP contribution in [-0.2, 0) is 17.2 Å². The lowest BCUT2D eigenvalue weighted by atomic mass is 10.1. The number of halogens is 5. The van der Waals surface area contributed by atoms with Crippen molar-refractivity contribution in [3.05, 3.63) is 69.1 Å². The normalized spacial score (nSPS) is 12.5. The highest BCUT2D eigenvalue weighted by molar-refractivity contribution is 7.84. The van der Waals surface area contributed by atoms with Gasteiger partial charge in [0.2, 0.25) is 0 Å². The molecule has 3 aromatic rings. The summed E-state index contributed by atoms with van der Waals surface area (Å²) in [6, 6.07) is 6.07. The van der Waals surface area contributed by atoms with Crippen LogP contribution < -0.4 is 10.0 Å². The van der Waals surface area contributed by atoms with Gasteiger partial charge in [-0.15, -0.1) is 0 Å². The van der Waals surface area contributed by atoms with Gasteiger partial charge in [0.25, 0.3) is 11.8 Å². The van der Waals surface area contributed by atoms with Crippen molar-refractivity contribution in [2.75, 3.05) is 5.32 Å². The van der Waals surface area contributed by atoms with Crippen LogP contribution in [0.1, 0.15) is 46.0 Å². The summed E-state index contributed by atoms with van der Waals surface area (Å²) >= 11 is 12.1. The minimum absolute atomic E-state index is 0.0360. The number of nitrogens with zero attached hydrogens (tertiary/aromatic N) is 3. The van der Waals surface area contributed by atoms with Crippen molar-refractivity contribution in [2.45, 2.75) is 32.2 Å². The number of anilines is 1. The standard InChI is InChI=1S/C21H18Cl2F3N5O3S/c1-10(2)35(34)30-19(32)13-8-12(22)7-11(3)17(13)28-20(33)15-9-16(21(24,25)26)29-31(15)18-14(23)5-4-6-27-18/h4-10H,1-3H3,(H,28,33)(H,30,32). The van der Waals surface area contributed by atoms with E-state index in [4.69, 9.17) is 23.2 Å². The van der Waals surface area contributed by atoms with E-state index in [0.717, 1.165) is 0 Å². The summed E-state index contributed by atoms with van der Waals surface area (Å²) in [5, 5.41) is 5.64. The van der Waals surface area contributed by atoms with Gasteiger partial charge in [-0.25, -0.2) is 13.9 Å². The topological polar surface area (TPSA) is 106 Å². The van der Waals surface area contributed by atoms with Crippen LogP contribution in [0.2, 0.25) is 10.0 Å². The van der Waals surface area contributed by atoms with Gasteiger partial charge in [0.05, 0.1) is 16.3 Å². The quantitative estimate of drug-likeness (QED) is 0.453. The van der Waals surface area contributed by atoms with Crippen LogP contribution in [0, 0.1) is 6.92 Å². The molecule has 0 saturated heterocycles. The zero-order valence-electron chi connectivity index (χ0n) is 18.4. The van der Waals surface area contributed by atoms with Crippen LogP contribution in [-0.4, -0.2) is 36.0 Å². The fraction of sp³-hybridized carbons (Fsp3) is 0.238. The summed E-state index contributed by atoms with van der Waals surface area (Å²) in [6.07, 6.45) is -3.58. The number of rotatable bonds is 6. The molecule has 2 heterocycles.